The predicted molar refractivity (Wildman–Crippen MR) is 34.9 cm³/mol. The summed E-state index contributed by atoms with van der Waals surface area (Å²) >= 11 is 0. The molecule has 10 heteroatoms. The first-order valence-electron chi connectivity index (χ1n) is 2.61. The molecule has 0 spiro atoms. The summed E-state index contributed by atoms with van der Waals surface area (Å²) in [6, 6.07) is 0. The van der Waals surface area contributed by atoms with Crippen molar-refractivity contribution in [3.63, 3.8) is 0 Å². The van der Waals surface area contributed by atoms with Gasteiger partial charge in [-0.3, -0.25) is 0 Å². The molecule has 0 radical (unpaired) electrons. The molecule has 0 aromatic carbocycles. The van der Waals surface area contributed by atoms with E-state index in [1.807, 2.05) is 0 Å². The Bertz CT molecular complexity index is 190. The van der Waals surface area contributed by atoms with E-state index in [1.165, 1.54) is 0 Å². The lowest BCUT2D eigenvalue weighted by molar-refractivity contribution is -0.833. The van der Waals surface area contributed by atoms with Crippen LogP contribution < -0.4 is 22.5 Å². The average molecular weight is 204 g/mol. The number of rotatable bonds is 0. The van der Waals surface area contributed by atoms with Crippen LogP contribution in [0.1, 0.15) is 0 Å². The Balaban J connectivity index is 0. The number of carboxylic acid groups (broad SMARTS) is 1. The van der Waals surface area contributed by atoms with Gasteiger partial charge in [0.2, 0.25) is 0 Å². The van der Waals surface area contributed by atoms with Gasteiger partial charge in [0.1, 0.15) is 0 Å². The van der Waals surface area contributed by atoms with Crippen molar-refractivity contribution in [1.29, 1.82) is 5.41 Å². The van der Waals surface area contributed by atoms with Gasteiger partial charge in [-0.15, -0.1) is 5.12 Å². The van der Waals surface area contributed by atoms with E-state index in [0.717, 1.165) is 0 Å². The van der Waals surface area contributed by atoms with Gasteiger partial charge in [-0.2, -0.15) is 24.9 Å². The number of guanidine groups is 1. The largest absolute Gasteiger partial charge is 0.490 e. The Hall–Kier alpha value is -1.39. The zero-order chi connectivity index (χ0) is 11.2. The molecule has 0 aromatic rings. The summed E-state index contributed by atoms with van der Waals surface area (Å²) in [5.41, 5.74) is 4.73. The van der Waals surface area contributed by atoms with Crippen LogP contribution in [0, 0.1) is 5.41 Å². The Labute approximate surface area is 70.3 Å². The van der Waals surface area contributed by atoms with Crippen LogP contribution in [0.5, 0.6) is 0 Å². The summed E-state index contributed by atoms with van der Waals surface area (Å²) in [4.78, 5) is 8.90. The van der Waals surface area contributed by atoms with Crippen molar-refractivity contribution in [3.05, 3.63) is 0 Å². The molecule has 0 aliphatic carbocycles. The van der Waals surface area contributed by atoms with Crippen molar-refractivity contribution in [2.75, 3.05) is 0 Å². The van der Waals surface area contributed by atoms with E-state index in [9.17, 15) is 13.2 Å². The molecule has 0 amide bonds. The van der Waals surface area contributed by atoms with Crippen molar-refractivity contribution < 1.29 is 28.2 Å². The molecule has 0 atom stereocenters. The average Bonchev–Trinajstić information content (AvgIpc) is 1.86. The number of carbonyl (C=O) groups is 1. The highest BCUT2D eigenvalue weighted by molar-refractivity contribution is 5.73. The topological polar surface area (TPSA) is 144 Å². The van der Waals surface area contributed by atoms with Crippen LogP contribution in [0.25, 0.3) is 0 Å². The van der Waals surface area contributed by atoms with E-state index < -0.39 is 12.1 Å². The van der Waals surface area contributed by atoms with Crippen molar-refractivity contribution >= 4 is 11.9 Å². The summed E-state index contributed by atoms with van der Waals surface area (Å²) < 4.78 is 31.7. The summed E-state index contributed by atoms with van der Waals surface area (Å²) in [6.07, 6.45) is -5.08. The first-order chi connectivity index (χ1) is 5.59. The maximum absolute atomic E-state index is 10.6. The van der Waals surface area contributed by atoms with Crippen molar-refractivity contribution in [1.82, 2.24) is 0 Å². The van der Waals surface area contributed by atoms with Crippen LogP contribution in [0.2, 0.25) is 0 Å². The van der Waals surface area contributed by atoms with Gasteiger partial charge in [0.15, 0.2) is 0 Å². The fourth-order valence-corrected chi connectivity index (χ4v) is 0. The molecule has 78 valence electrons. The minimum absolute atomic E-state index is 0.130. The second kappa shape index (κ2) is 5.29. The van der Waals surface area contributed by atoms with Crippen LogP contribution in [-0.4, -0.2) is 23.2 Å². The lowest BCUT2D eigenvalue weighted by atomic mass is 10.7. The zero-order valence-corrected chi connectivity index (χ0v) is 6.22. The fraction of sp³-hybridized carbons (Fsp3) is 0.333. The number of halogens is 3. The standard InChI is InChI=1S/C2HF3O2.CH7N5/c3-2(4,5)1(6)7;2-1(3)6(4)5/h(H,6,7);4-5H2,(H3,2,3)/p+1. The van der Waals surface area contributed by atoms with Crippen LogP contribution in [0.4, 0.5) is 13.2 Å². The van der Waals surface area contributed by atoms with Crippen molar-refractivity contribution in [2.45, 2.75) is 6.18 Å². The second-order valence-electron chi connectivity index (χ2n) is 1.67. The van der Waals surface area contributed by atoms with Crippen LogP contribution in [0.15, 0.2) is 0 Å². The third kappa shape index (κ3) is 10.6. The van der Waals surface area contributed by atoms with Gasteiger partial charge < -0.3 is 10.8 Å². The quantitative estimate of drug-likeness (QED) is 0.109. The molecule has 13 heavy (non-hydrogen) atoms. The van der Waals surface area contributed by atoms with E-state index in [1.54, 1.807) is 0 Å². The van der Waals surface area contributed by atoms with Gasteiger partial charge in [-0.05, 0) is 0 Å². The molecule has 0 rings (SSSR count). The molecule has 0 aliphatic heterocycles. The molecule has 0 saturated carbocycles. The van der Waals surface area contributed by atoms with Gasteiger partial charge >= 0.3 is 18.1 Å². The highest BCUT2D eigenvalue weighted by atomic mass is 19.4. The number of hydrogen-bond acceptors (Lipinski definition) is 4. The summed E-state index contributed by atoms with van der Waals surface area (Å²) in [5, 5.41) is 13.4. The smallest absolute Gasteiger partial charge is 0.475 e. The van der Waals surface area contributed by atoms with E-state index in [4.69, 9.17) is 32.7 Å². The molecular weight excluding hydrogens is 195 g/mol. The number of alkyl halides is 3. The molecule has 0 heterocycles. The Morgan fingerprint density at radius 1 is 1.38 bits per heavy atom. The van der Waals surface area contributed by atoms with Crippen molar-refractivity contribution in [3.8, 4) is 0 Å². The third-order valence-electron chi connectivity index (χ3n) is 0.554. The predicted octanol–water partition coefficient (Wildman–Crippen LogP) is -2.85. The first-order valence-corrected chi connectivity index (χ1v) is 2.61. The molecule has 0 aromatic heterocycles. The molecule has 0 saturated heterocycles. The molecule has 9 N–H and O–H groups in total. The fourth-order valence-electron chi connectivity index (χ4n) is 0. The van der Waals surface area contributed by atoms with Crippen molar-refractivity contribution in [2.24, 2.45) is 17.4 Å². The molecule has 0 bridgehead atoms. The SMILES string of the molecule is N=C(N)[NH+](N)N.O=C(O)C(F)(F)F. The Kier molecular flexibility index (Phi) is 5.76. The van der Waals surface area contributed by atoms with Gasteiger partial charge in [0, 0.05) is 0 Å². The Morgan fingerprint density at radius 2 is 1.54 bits per heavy atom. The third-order valence-corrected chi connectivity index (χ3v) is 0.554. The molecule has 0 fully saturated rings. The van der Waals surface area contributed by atoms with Gasteiger partial charge in [-0.25, -0.2) is 10.2 Å². The number of carboxylic acids is 1. The van der Waals surface area contributed by atoms with Crippen LogP contribution >= 0.6 is 0 Å². The number of hydrogen-bond donors (Lipinski definition) is 6. The van der Waals surface area contributed by atoms with Crippen LogP contribution in [-0.2, 0) is 4.79 Å². The van der Waals surface area contributed by atoms with Gasteiger partial charge in [0.25, 0.3) is 0 Å². The van der Waals surface area contributed by atoms with Gasteiger partial charge in [0.05, 0.1) is 0 Å². The monoisotopic (exact) mass is 204 g/mol. The highest BCUT2D eigenvalue weighted by Gasteiger charge is 2.38. The highest BCUT2D eigenvalue weighted by Crippen LogP contribution is 2.13. The number of nitrogens with two attached hydrogens (primary N) is 3. The molecule has 0 unspecified atom stereocenters. The molecule has 0 aliphatic rings. The van der Waals surface area contributed by atoms with E-state index >= 15 is 0 Å². The summed E-state index contributed by atoms with van der Waals surface area (Å²) in [5.74, 6) is 6.53. The zero-order valence-electron chi connectivity index (χ0n) is 6.22. The number of quaternary nitrogens is 1. The van der Waals surface area contributed by atoms with E-state index in [0.29, 0.717) is 0 Å². The van der Waals surface area contributed by atoms with E-state index in [-0.39, 0.29) is 11.1 Å². The maximum Gasteiger partial charge on any atom is 0.490 e. The Morgan fingerprint density at radius 3 is 1.54 bits per heavy atom. The number of nitrogens with one attached hydrogen (secondary N) is 2. The molecular formula is C3H9F3N5O2+. The normalized spacial score (nSPS) is 10.3. The lowest BCUT2D eigenvalue weighted by Crippen LogP contribution is -3.26. The second-order valence-corrected chi connectivity index (χ2v) is 1.67. The minimum Gasteiger partial charge on any atom is -0.475 e. The van der Waals surface area contributed by atoms with Crippen LogP contribution in [0.3, 0.4) is 0 Å². The lowest BCUT2D eigenvalue weighted by Gasteiger charge is -1.96. The maximum atomic E-state index is 10.6. The first kappa shape index (κ1) is 14.2. The molecule has 7 nitrogen and oxygen atoms in total. The summed E-state index contributed by atoms with van der Waals surface area (Å²) in [7, 11) is 0. The summed E-state index contributed by atoms with van der Waals surface area (Å²) in [6.45, 7) is 0. The minimum atomic E-state index is -5.08. The van der Waals surface area contributed by atoms with Gasteiger partial charge in [-0.1, -0.05) is 0 Å². The number of aliphatic carboxylic acids is 1. The van der Waals surface area contributed by atoms with E-state index in [2.05, 4.69) is 0 Å².